The van der Waals surface area contributed by atoms with Crippen LogP contribution in [0.25, 0.3) is 0 Å². The molecule has 0 aliphatic heterocycles. The van der Waals surface area contributed by atoms with Crippen molar-refractivity contribution >= 4 is 21.6 Å². The summed E-state index contributed by atoms with van der Waals surface area (Å²) >= 11 is 3.31. The molecule has 0 aliphatic carbocycles. The third-order valence-electron chi connectivity index (χ3n) is 3.00. The predicted molar refractivity (Wildman–Crippen MR) is 80.8 cm³/mol. The summed E-state index contributed by atoms with van der Waals surface area (Å²) in [5.74, 6) is 0.549. The zero-order valence-electron chi connectivity index (χ0n) is 11.2. The minimum Gasteiger partial charge on any atom is -0.508 e. The summed E-state index contributed by atoms with van der Waals surface area (Å²) in [5, 5.41) is 13.1. The lowest BCUT2D eigenvalue weighted by atomic mass is 10.1. The molecule has 0 bridgehead atoms. The Hall–Kier alpha value is -1.75. The number of anilines is 1. The Morgan fingerprint density at radius 1 is 1.25 bits per heavy atom. The SMILES string of the molecule is COc1ccc(O)c(C(C)Nc2ccc(F)cc2Br)c1. The van der Waals surface area contributed by atoms with Crippen molar-refractivity contribution in [1.29, 1.82) is 0 Å². The number of benzene rings is 2. The van der Waals surface area contributed by atoms with E-state index in [0.717, 1.165) is 5.69 Å². The van der Waals surface area contributed by atoms with E-state index in [4.69, 9.17) is 4.74 Å². The van der Waals surface area contributed by atoms with Gasteiger partial charge in [0.25, 0.3) is 0 Å². The van der Waals surface area contributed by atoms with Crippen molar-refractivity contribution in [2.24, 2.45) is 0 Å². The minimum atomic E-state index is -0.306. The molecule has 2 rings (SSSR count). The molecule has 5 heteroatoms. The van der Waals surface area contributed by atoms with Gasteiger partial charge in [-0.1, -0.05) is 0 Å². The van der Waals surface area contributed by atoms with Crippen LogP contribution in [0.3, 0.4) is 0 Å². The van der Waals surface area contributed by atoms with Gasteiger partial charge in [-0.2, -0.15) is 0 Å². The van der Waals surface area contributed by atoms with Gasteiger partial charge >= 0.3 is 0 Å². The monoisotopic (exact) mass is 339 g/mol. The van der Waals surface area contributed by atoms with Gasteiger partial charge in [0.2, 0.25) is 0 Å². The van der Waals surface area contributed by atoms with Gasteiger partial charge < -0.3 is 15.2 Å². The van der Waals surface area contributed by atoms with Crippen LogP contribution in [0, 0.1) is 5.82 Å². The molecule has 0 saturated heterocycles. The van der Waals surface area contributed by atoms with Crippen molar-refractivity contribution in [3.8, 4) is 11.5 Å². The summed E-state index contributed by atoms with van der Waals surface area (Å²) in [5.41, 5.74) is 1.46. The van der Waals surface area contributed by atoms with E-state index < -0.39 is 0 Å². The summed E-state index contributed by atoms with van der Waals surface area (Å²) in [7, 11) is 1.57. The van der Waals surface area contributed by atoms with E-state index in [1.54, 1.807) is 31.4 Å². The fourth-order valence-electron chi connectivity index (χ4n) is 1.92. The van der Waals surface area contributed by atoms with Crippen molar-refractivity contribution in [3.63, 3.8) is 0 Å². The van der Waals surface area contributed by atoms with Crippen LogP contribution in [0.1, 0.15) is 18.5 Å². The van der Waals surface area contributed by atoms with Crippen molar-refractivity contribution < 1.29 is 14.2 Å². The zero-order chi connectivity index (χ0) is 14.7. The average Bonchev–Trinajstić information content (AvgIpc) is 2.42. The van der Waals surface area contributed by atoms with Crippen molar-refractivity contribution in [2.45, 2.75) is 13.0 Å². The predicted octanol–water partition coefficient (Wildman–Crippen LogP) is 4.48. The first-order valence-electron chi connectivity index (χ1n) is 6.09. The first-order valence-corrected chi connectivity index (χ1v) is 6.89. The van der Waals surface area contributed by atoms with E-state index >= 15 is 0 Å². The number of methoxy groups -OCH3 is 1. The number of rotatable bonds is 4. The molecule has 1 atom stereocenters. The third-order valence-corrected chi connectivity index (χ3v) is 3.66. The van der Waals surface area contributed by atoms with Crippen LogP contribution < -0.4 is 10.1 Å². The van der Waals surface area contributed by atoms with Crippen LogP contribution in [-0.4, -0.2) is 12.2 Å². The number of aromatic hydroxyl groups is 1. The Morgan fingerprint density at radius 2 is 2.00 bits per heavy atom. The molecule has 106 valence electrons. The third kappa shape index (κ3) is 3.22. The number of hydrogen-bond donors (Lipinski definition) is 2. The van der Waals surface area contributed by atoms with Gasteiger partial charge in [0.1, 0.15) is 17.3 Å². The topological polar surface area (TPSA) is 41.5 Å². The molecule has 0 amide bonds. The molecule has 2 N–H and O–H groups in total. The fraction of sp³-hybridized carbons (Fsp3) is 0.200. The van der Waals surface area contributed by atoms with Gasteiger partial charge in [0.15, 0.2) is 0 Å². The van der Waals surface area contributed by atoms with Crippen LogP contribution >= 0.6 is 15.9 Å². The van der Waals surface area contributed by atoms with Gasteiger partial charge in [-0.3, -0.25) is 0 Å². The number of halogens is 2. The summed E-state index contributed by atoms with van der Waals surface area (Å²) in [6.45, 7) is 1.91. The largest absolute Gasteiger partial charge is 0.508 e. The van der Waals surface area contributed by atoms with E-state index in [1.807, 2.05) is 6.92 Å². The first-order chi connectivity index (χ1) is 9.51. The number of phenols is 1. The van der Waals surface area contributed by atoms with Gasteiger partial charge in [0, 0.05) is 15.7 Å². The molecule has 0 aliphatic rings. The van der Waals surface area contributed by atoms with Crippen LogP contribution in [-0.2, 0) is 0 Å². The maximum absolute atomic E-state index is 13.1. The summed E-state index contributed by atoms with van der Waals surface area (Å²) in [6.07, 6.45) is 0. The van der Waals surface area contributed by atoms with E-state index in [9.17, 15) is 9.50 Å². The highest BCUT2D eigenvalue weighted by Gasteiger charge is 2.13. The normalized spacial score (nSPS) is 12.0. The molecule has 20 heavy (non-hydrogen) atoms. The highest BCUT2D eigenvalue weighted by atomic mass is 79.9. The maximum Gasteiger partial charge on any atom is 0.124 e. The standard InChI is InChI=1S/C15H15BrFNO2/c1-9(12-8-11(20-2)4-6-15(12)19)18-14-5-3-10(17)7-13(14)16/h3-9,18-19H,1-2H3. The van der Waals surface area contributed by atoms with Crippen LogP contribution in [0.4, 0.5) is 10.1 Å². The van der Waals surface area contributed by atoms with Crippen molar-refractivity contribution in [3.05, 3.63) is 52.3 Å². The Bertz CT molecular complexity index is 619. The second-order valence-corrected chi connectivity index (χ2v) is 5.27. The molecular formula is C15H15BrFNO2. The minimum absolute atomic E-state index is 0.160. The van der Waals surface area contributed by atoms with Gasteiger partial charge in [-0.25, -0.2) is 4.39 Å². The second-order valence-electron chi connectivity index (χ2n) is 4.41. The molecule has 2 aromatic rings. The lowest BCUT2D eigenvalue weighted by Crippen LogP contribution is -2.07. The number of hydrogen-bond acceptors (Lipinski definition) is 3. The van der Waals surface area contributed by atoms with Crippen LogP contribution in [0.5, 0.6) is 11.5 Å². The molecule has 0 heterocycles. The summed E-state index contributed by atoms with van der Waals surface area (Å²) in [4.78, 5) is 0. The van der Waals surface area contributed by atoms with Crippen molar-refractivity contribution in [2.75, 3.05) is 12.4 Å². The Labute approximate surface area is 125 Å². The highest BCUT2D eigenvalue weighted by molar-refractivity contribution is 9.10. The molecule has 0 saturated carbocycles. The van der Waals surface area contributed by atoms with Gasteiger partial charge in [-0.05, 0) is 59.3 Å². The molecule has 1 unspecified atom stereocenters. The number of phenolic OH excluding ortho intramolecular Hbond substituents is 1. The van der Waals surface area contributed by atoms with Gasteiger partial charge in [0.05, 0.1) is 13.2 Å². The first kappa shape index (κ1) is 14.7. The lowest BCUT2D eigenvalue weighted by Gasteiger charge is -2.18. The Morgan fingerprint density at radius 3 is 2.65 bits per heavy atom. The molecular weight excluding hydrogens is 325 g/mol. The van der Waals surface area contributed by atoms with E-state index in [2.05, 4.69) is 21.2 Å². The molecule has 0 spiro atoms. The van der Waals surface area contributed by atoms with Gasteiger partial charge in [-0.15, -0.1) is 0 Å². The van der Waals surface area contributed by atoms with Crippen LogP contribution in [0.15, 0.2) is 40.9 Å². The molecule has 2 aromatic carbocycles. The molecule has 0 radical (unpaired) electrons. The van der Waals surface area contributed by atoms with E-state index in [-0.39, 0.29) is 17.6 Å². The number of ether oxygens (including phenoxy) is 1. The fourth-order valence-corrected chi connectivity index (χ4v) is 2.39. The Balaban J connectivity index is 2.25. The highest BCUT2D eigenvalue weighted by Crippen LogP contribution is 2.32. The maximum atomic E-state index is 13.1. The number of nitrogens with one attached hydrogen (secondary N) is 1. The molecule has 0 fully saturated rings. The Kier molecular flexibility index (Phi) is 4.49. The zero-order valence-corrected chi connectivity index (χ0v) is 12.7. The summed E-state index contributed by atoms with van der Waals surface area (Å²) in [6, 6.07) is 9.31. The quantitative estimate of drug-likeness (QED) is 0.863. The molecule has 0 aromatic heterocycles. The van der Waals surface area contributed by atoms with Crippen LogP contribution in [0.2, 0.25) is 0 Å². The average molecular weight is 340 g/mol. The lowest BCUT2D eigenvalue weighted by molar-refractivity contribution is 0.410. The smallest absolute Gasteiger partial charge is 0.124 e. The van der Waals surface area contributed by atoms with E-state index in [0.29, 0.717) is 15.8 Å². The molecule has 3 nitrogen and oxygen atoms in total. The van der Waals surface area contributed by atoms with Crippen molar-refractivity contribution in [1.82, 2.24) is 0 Å². The van der Waals surface area contributed by atoms with E-state index in [1.165, 1.54) is 12.1 Å². The second kappa shape index (κ2) is 6.13. The summed E-state index contributed by atoms with van der Waals surface area (Å²) < 4.78 is 18.8.